The Labute approximate surface area is 218 Å². The molecule has 0 aliphatic rings. The molecule has 9 heteroatoms. The quantitative estimate of drug-likeness (QED) is 0.198. The molecule has 8 nitrogen and oxygen atoms in total. The first-order chi connectivity index (χ1) is 17.7. The molecule has 37 heavy (non-hydrogen) atoms. The van der Waals surface area contributed by atoms with E-state index in [9.17, 15) is 4.57 Å². The van der Waals surface area contributed by atoms with Gasteiger partial charge in [-0.15, -0.1) is 0 Å². The van der Waals surface area contributed by atoms with E-state index in [2.05, 4.69) is 33.2 Å². The van der Waals surface area contributed by atoms with Crippen LogP contribution in [0.5, 0.6) is 0 Å². The summed E-state index contributed by atoms with van der Waals surface area (Å²) in [7, 11) is -0.576. The highest BCUT2D eigenvalue weighted by Gasteiger charge is 2.22. The lowest BCUT2D eigenvalue weighted by Gasteiger charge is -2.18. The molecule has 0 fully saturated rings. The first-order valence-electron chi connectivity index (χ1n) is 12.4. The van der Waals surface area contributed by atoms with Gasteiger partial charge in [0.1, 0.15) is 18.7 Å². The number of anilines is 2. The summed E-state index contributed by atoms with van der Waals surface area (Å²) in [6.07, 6.45) is 0. The minimum atomic E-state index is -2.52. The summed E-state index contributed by atoms with van der Waals surface area (Å²) in [4.78, 5) is 9.94. The lowest BCUT2D eigenvalue weighted by Crippen LogP contribution is -2.24. The van der Waals surface area contributed by atoms with Crippen LogP contribution < -0.4 is 21.3 Å². The van der Waals surface area contributed by atoms with Gasteiger partial charge in [0, 0.05) is 36.1 Å². The Morgan fingerprint density at radius 1 is 0.973 bits per heavy atom. The Bertz CT molecular complexity index is 1420. The summed E-state index contributed by atoms with van der Waals surface area (Å²) in [6, 6.07) is 15.9. The number of nitrogens with one attached hydrogen (secondary N) is 3. The molecule has 0 radical (unpaired) electrons. The number of para-hydroxylation sites is 1. The monoisotopic (exact) mass is 518 g/mol. The maximum absolute atomic E-state index is 13.0. The standard InChI is InChI=1S/C28H35N6O2P/c1-18-26(25-19(2)34-36-20(25)3)32-28(22-11-9-10-21(16-22)17-30-15-14-29-4)33-27(18)31-23-12-7-8-13-24(23)37(5,6)35/h7-13,16,29-30H,14-15,17H2,1-6H3,(H,31,32,33). The second-order valence-electron chi connectivity index (χ2n) is 9.54. The lowest BCUT2D eigenvalue weighted by atomic mass is 10.0. The Morgan fingerprint density at radius 3 is 2.46 bits per heavy atom. The molecular formula is C28H35N6O2P. The van der Waals surface area contributed by atoms with Gasteiger partial charge in [-0.2, -0.15) is 0 Å². The van der Waals surface area contributed by atoms with Crippen molar-refractivity contribution in [1.29, 1.82) is 0 Å². The van der Waals surface area contributed by atoms with Crippen LogP contribution in [0.2, 0.25) is 0 Å². The van der Waals surface area contributed by atoms with Crippen LogP contribution in [-0.2, 0) is 11.1 Å². The van der Waals surface area contributed by atoms with Crippen LogP contribution in [-0.4, -0.2) is 48.6 Å². The molecule has 2 aromatic heterocycles. The van der Waals surface area contributed by atoms with E-state index in [4.69, 9.17) is 14.5 Å². The zero-order valence-electron chi connectivity index (χ0n) is 22.3. The second kappa shape index (κ2) is 11.4. The lowest BCUT2D eigenvalue weighted by molar-refractivity contribution is 0.393. The van der Waals surface area contributed by atoms with Crippen LogP contribution in [0.4, 0.5) is 11.5 Å². The number of aromatic nitrogens is 3. The fourth-order valence-electron chi connectivity index (χ4n) is 4.27. The van der Waals surface area contributed by atoms with Crippen molar-refractivity contribution in [2.45, 2.75) is 27.3 Å². The van der Waals surface area contributed by atoms with Crippen molar-refractivity contribution in [3.05, 3.63) is 71.1 Å². The highest BCUT2D eigenvalue weighted by Crippen LogP contribution is 2.39. The number of hydrogen-bond acceptors (Lipinski definition) is 8. The van der Waals surface area contributed by atoms with Gasteiger partial charge in [0.05, 0.1) is 22.6 Å². The van der Waals surface area contributed by atoms with Gasteiger partial charge in [0.25, 0.3) is 0 Å². The minimum Gasteiger partial charge on any atom is -0.361 e. The third-order valence-corrected chi connectivity index (χ3v) is 7.77. The zero-order chi connectivity index (χ0) is 26.6. The third-order valence-electron chi connectivity index (χ3n) is 6.22. The fourth-order valence-corrected chi connectivity index (χ4v) is 5.43. The van der Waals surface area contributed by atoms with E-state index < -0.39 is 7.14 Å². The van der Waals surface area contributed by atoms with Crippen LogP contribution in [0, 0.1) is 20.8 Å². The van der Waals surface area contributed by atoms with Crippen molar-refractivity contribution in [2.24, 2.45) is 0 Å². The van der Waals surface area contributed by atoms with E-state index in [0.717, 1.165) is 64.3 Å². The summed E-state index contributed by atoms with van der Waals surface area (Å²) in [6.45, 7) is 11.9. The molecule has 4 aromatic rings. The molecule has 0 aliphatic heterocycles. The zero-order valence-corrected chi connectivity index (χ0v) is 23.2. The molecule has 4 rings (SSSR count). The number of benzene rings is 2. The molecule has 2 heterocycles. The Hall–Kier alpha value is -3.32. The van der Waals surface area contributed by atoms with E-state index in [1.165, 1.54) is 0 Å². The minimum absolute atomic E-state index is 0.592. The second-order valence-corrected chi connectivity index (χ2v) is 12.7. The number of aryl methyl sites for hydroxylation is 2. The maximum Gasteiger partial charge on any atom is 0.162 e. The predicted octanol–water partition coefficient (Wildman–Crippen LogP) is 5.02. The largest absolute Gasteiger partial charge is 0.361 e. The van der Waals surface area contributed by atoms with E-state index in [1.54, 1.807) is 13.3 Å². The molecule has 3 N–H and O–H groups in total. The van der Waals surface area contributed by atoms with Gasteiger partial charge in [0.15, 0.2) is 5.82 Å². The van der Waals surface area contributed by atoms with Crippen LogP contribution in [0.25, 0.3) is 22.6 Å². The Balaban J connectivity index is 1.82. The van der Waals surface area contributed by atoms with Crippen LogP contribution in [0.3, 0.4) is 0 Å². The maximum atomic E-state index is 13.0. The van der Waals surface area contributed by atoms with Gasteiger partial charge < -0.3 is 25.0 Å². The average molecular weight is 519 g/mol. The van der Waals surface area contributed by atoms with Crippen molar-refractivity contribution < 1.29 is 9.09 Å². The molecule has 0 spiro atoms. The SMILES string of the molecule is CNCCNCc1cccc(-c2nc(Nc3ccccc3P(C)(C)=O)c(C)c(-c3c(C)noc3C)n2)c1. The fraction of sp³-hybridized carbons (Fsp3) is 0.321. The molecule has 2 aromatic carbocycles. The van der Waals surface area contributed by atoms with E-state index >= 15 is 0 Å². The molecule has 0 unspecified atom stereocenters. The summed E-state index contributed by atoms with van der Waals surface area (Å²) in [5.41, 5.74) is 6.08. The molecule has 0 saturated heterocycles. The topological polar surface area (TPSA) is 105 Å². The van der Waals surface area contributed by atoms with Gasteiger partial charge in [0.2, 0.25) is 0 Å². The van der Waals surface area contributed by atoms with Gasteiger partial charge in [-0.1, -0.05) is 35.5 Å². The normalized spacial score (nSPS) is 11.6. The molecule has 194 valence electrons. The molecule has 0 bridgehead atoms. The highest BCUT2D eigenvalue weighted by atomic mass is 31.2. The van der Waals surface area contributed by atoms with E-state index in [-0.39, 0.29) is 0 Å². The van der Waals surface area contributed by atoms with E-state index in [0.29, 0.717) is 17.4 Å². The first kappa shape index (κ1) is 26.7. The summed E-state index contributed by atoms with van der Waals surface area (Å²) in [5, 5.41) is 15.0. The smallest absolute Gasteiger partial charge is 0.162 e. The van der Waals surface area contributed by atoms with Crippen molar-refractivity contribution in [1.82, 2.24) is 25.8 Å². The van der Waals surface area contributed by atoms with Crippen LogP contribution in [0.1, 0.15) is 22.6 Å². The number of nitrogens with zero attached hydrogens (tertiary/aromatic N) is 3. The average Bonchev–Trinajstić information content (AvgIpc) is 3.20. The predicted molar refractivity (Wildman–Crippen MR) is 152 cm³/mol. The molecule has 0 amide bonds. The van der Waals surface area contributed by atoms with E-state index in [1.807, 2.05) is 64.2 Å². The Kier molecular flexibility index (Phi) is 8.22. The van der Waals surface area contributed by atoms with Crippen LogP contribution >= 0.6 is 7.14 Å². The summed E-state index contributed by atoms with van der Waals surface area (Å²) < 4.78 is 18.5. The van der Waals surface area contributed by atoms with Crippen molar-refractivity contribution in [3.8, 4) is 22.6 Å². The van der Waals surface area contributed by atoms with Crippen molar-refractivity contribution >= 4 is 24.0 Å². The molecular weight excluding hydrogens is 483 g/mol. The van der Waals surface area contributed by atoms with Crippen molar-refractivity contribution in [2.75, 3.05) is 38.8 Å². The van der Waals surface area contributed by atoms with Gasteiger partial charge in [-0.3, -0.25) is 0 Å². The summed E-state index contributed by atoms with van der Waals surface area (Å²) >= 11 is 0. The molecule has 0 atom stereocenters. The highest BCUT2D eigenvalue weighted by molar-refractivity contribution is 7.70. The van der Waals surface area contributed by atoms with Gasteiger partial charge in [-0.25, -0.2) is 9.97 Å². The van der Waals surface area contributed by atoms with Gasteiger partial charge in [-0.05, 0) is 64.9 Å². The number of likely N-dealkylation sites (N-methyl/N-ethyl adjacent to an activating group) is 1. The molecule has 0 aliphatic carbocycles. The third kappa shape index (κ3) is 6.16. The Morgan fingerprint density at radius 2 is 1.76 bits per heavy atom. The molecule has 0 saturated carbocycles. The van der Waals surface area contributed by atoms with Crippen molar-refractivity contribution in [3.63, 3.8) is 0 Å². The summed E-state index contributed by atoms with van der Waals surface area (Å²) in [5.74, 6) is 1.94. The number of hydrogen-bond donors (Lipinski definition) is 3. The van der Waals surface area contributed by atoms with Gasteiger partial charge >= 0.3 is 0 Å². The number of rotatable bonds is 10. The van der Waals surface area contributed by atoms with Crippen LogP contribution in [0.15, 0.2) is 53.1 Å². The first-order valence-corrected chi connectivity index (χ1v) is 15.0.